The molecule has 4 nitrogen and oxygen atoms in total. The van der Waals surface area contributed by atoms with Crippen LogP contribution < -0.4 is 5.73 Å². The second-order valence-corrected chi connectivity index (χ2v) is 5.37. The zero-order valence-electron chi connectivity index (χ0n) is 11.9. The number of hydrogen-bond acceptors (Lipinski definition) is 4. The van der Waals surface area contributed by atoms with E-state index in [4.69, 9.17) is 10.3 Å². The summed E-state index contributed by atoms with van der Waals surface area (Å²) in [6.45, 7) is 3.98. The van der Waals surface area contributed by atoms with Gasteiger partial charge in [0.15, 0.2) is 0 Å². The number of fused-ring (bicyclic) bond motifs is 1. The van der Waals surface area contributed by atoms with Gasteiger partial charge in [-0.15, -0.1) is 0 Å². The third-order valence-electron chi connectivity index (χ3n) is 3.56. The van der Waals surface area contributed by atoms with E-state index in [-0.39, 0.29) is 17.8 Å². The number of nitrogens with two attached hydrogens (primary N) is 1. The van der Waals surface area contributed by atoms with Crippen LogP contribution in [0.2, 0.25) is 0 Å². The van der Waals surface area contributed by atoms with Crippen molar-refractivity contribution in [3.8, 4) is 11.4 Å². The summed E-state index contributed by atoms with van der Waals surface area (Å²) in [5.41, 5.74) is 6.74. The minimum atomic E-state index is -0.307. The molecule has 0 amide bonds. The summed E-state index contributed by atoms with van der Waals surface area (Å²) < 4.78 is 19.1. The second-order valence-electron chi connectivity index (χ2n) is 5.37. The number of benzene rings is 2. The highest BCUT2D eigenvalue weighted by Crippen LogP contribution is 2.29. The zero-order valence-corrected chi connectivity index (χ0v) is 11.9. The highest BCUT2D eigenvalue weighted by Gasteiger charge is 2.19. The Morgan fingerprint density at radius 1 is 1.10 bits per heavy atom. The first-order valence-electron chi connectivity index (χ1n) is 6.84. The van der Waals surface area contributed by atoms with Crippen LogP contribution in [0, 0.1) is 11.7 Å². The number of rotatable bonds is 3. The van der Waals surface area contributed by atoms with Gasteiger partial charge >= 0.3 is 0 Å². The molecule has 2 N–H and O–H groups in total. The topological polar surface area (TPSA) is 64.9 Å². The molecule has 0 aliphatic heterocycles. The molecule has 1 unspecified atom stereocenters. The van der Waals surface area contributed by atoms with Crippen LogP contribution in [0.5, 0.6) is 0 Å². The molecule has 0 spiro atoms. The van der Waals surface area contributed by atoms with Gasteiger partial charge in [0.25, 0.3) is 0 Å². The van der Waals surface area contributed by atoms with Crippen LogP contribution in [0.4, 0.5) is 4.39 Å². The van der Waals surface area contributed by atoms with Gasteiger partial charge in [0.1, 0.15) is 5.82 Å². The van der Waals surface area contributed by atoms with E-state index < -0.39 is 0 Å². The van der Waals surface area contributed by atoms with E-state index >= 15 is 0 Å². The average Bonchev–Trinajstić information content (AvgIpc) is 2.96. The van der Waals surface area contributed by atoms with Crippen molar-refractivity contribution in [3.05, 3.63) is 48.1 Å². The maximum atomic E-state index is 13.8. The summed E-state index contributed by atoms with van der Waals surface area (Å²) in [5, 5.41) is 5.27. The summed E-state index contributed by atoms with van der Waals surface area (Å²) in [5.74, 6) is 0.755. The van der Waals surface area contributed by atoms with E-state index in [1.165, 1.54) is 6.07 Å². The first-order valence-corrected chi connectivity index (χ1v) is 6.84. The summed E-state index contributed by atoms with van der Waals surface area (Å²) in [6.07, 6.45) is 0. The van der Waals surface area contributed by atoms with Crippen LogP contribution >= 0.6 is 0 Å². The van der Waals surface area contributed by atoms with E-state index in [9.17, 15) is 4.39 Å². The highest BCUT2D eigenvalue weighted by atomic mass is 19.1. The molecule has 3 aromatic rings. The van der Waals surface area contributed by atoms with Gasteiger partial charge in [-0.05, 0) is 23.4 Å². The molecule has 0 saturated heterocycles. The van der Waals surface area contributed by atoms with Crippen molar-refractivity contribution < 1.29 is 8.91 Å². The first kappa shape index (κ1) is 13.7. The fourth-order valence-electron chi connectivity index (χ4n) is 2.22. The minimum Gasteiger partial charge on any atom is -0.337 e. The van der Waals surface area contributed by atoms with Crippen molar-refractivity contribution in [2.45, 2.75) is 19.9 Å². The molecular formula is C16H16FN3O. The molecule has 0 fully saturated rings. The molecule has 0 saturated carbocycles. The Balaban J connectivity index is 2.11. The van der Waals surface area contributed by atoms with Gasteiger partial charge in [0, 0.05) is 10.9 Å². The van der Waals surface area contributed by atoms with E-state index in [1.54, 1.807) is 18.2 Å². The van der Waals surface area contributed by atoms with Crippen LogP contribution in [0.25, 0.3) is 22.2 Å². The lowest BCUT2D eigenvalue weighted by molar-refractivity contribution is 0.325. The number of aromatic nitrogens is 2. The number of halogens is 1. The Hall–Kier alpha value is -2.27. The summed E-state index contributed by atoms with van der Waals surface area (Å²) in [6, 6.07) is 9.99. The molecule has 1 heterocycles. The third-order valence-corrected chi connectivity index (χ3v) is 3.56. The largest absolute Gasteiger partial charge is 0.337 e. The molecule has 1 aromatic heterocycles. The minimum absolute atomic E-state index is 0.197. The molecule has 5 heteroatoms. The van der Waals surface area contributed by atoms with Crippen LogP contribution in [-0.2, 0) is 0 Å². The quantitative estimate of drug-likeness (QED) is 0.797. The van der Waals surface area contributed by atoms with E-state index in [0.29, 0.717) is 17.1 Å². The van der Waals surface area contributed by atoms with Crippen molar-refractivity contribution in [1.29, 1.82) is 0 Å². The fraction of sp³-hybridized carbons (Fsp3) is 0.250. The standard InChI is InChI=1S/C16H16FN3O/c1-9(2)14(18)16-19-15(20-21-16)12-7-8-13(17)11-6-4-3-5-10(11)12/h3-9,14H,18H2,1-2H3. The number of nitrogens with zero attached hydrogens (tertiary/aromatic N) is 2. The lowest BCUT2D eigenvalue weighted by atomic mass is 10.0. The maximum absolute atomic E-state index is 13.8. The van der Waals surface area contributed by atoms with Crippen LogP contribution in [0.3, 0.4) is 0 Å². The number of hydrogen-bond donors (Lipinski definition) is 1. The third kappa shape index (κ3) is 2.40. The predicted octanol–water partition coefficient (Wildman–Crippen LogP) is 3.68. The van der Waals surface area contributed by atoms with E-state index in [0.717, 1.165) is 10.9 Å². The molecule has 0 aliphatic rings. The Kier molecular flexibility index (Phi) is 3.43. The Bertz CT molecular complexity index is 782. The lowest BCUT2D eigenvalue weighted by Gasteiger charge is -2.09. The molecule has 108 valence electrons. The fourth-order valence-corrected chi connectivity index (χ4v) is 2.22. The molecule has 0 radical (unpaired) electrons. The smallest absolute Gasteiger partial charge is 0.244 e. The van der Waals surface area contributed by atoms with Crippen molar-refractivity contribution in [3.63, 3.8) is 0 Å². The zero-order chi connectivity index (χ0) is 15.0. The van der Waals surface area contributed by atoms with Crippen molar-refractivity contribution in [2.75, 3.05) is 0 Å². The summed E-state index contributed by atoms with van der Waals surface area (Å²) in [7, 11) is 0. The van der Waals surface area contributed by atoms with E-state index in [2.05, 4.69) is 10.1 Å². The molecule has 0 bridgehead atoms. The van der Waals surface area contributed by atoms with Gasteiger partial charge in [0.05, 0.1) is 6.04 Å². The van der Waals surface area contributed by atoms with Gasteiger partial charge in [-0.3, -0.25) is 0 Å². The molecule has 3 rings (SSSR count). The lowest BCUT2D eigenvalue weighted by Crippen LogP contribution is -2.16. The van der Waals surface area contributed by atoms with Crippen LogP contribution in [0.15, 0.2) is 40.9 Å². The van der Waals surface area contributed by atoms with Gasteiger partial charge in [0.2, 0.25) is 11.7 Å². The van der Waals surface area contributed by atoms with Crippen molar-refractivity contribution in [1.82, 2.24) is 10.1 Å². The Morgan fingerprint density at radius 3 is 2.52 bits per heavy atom. The van der Waals surface area contributed by atoms with Crippen molar-refractivity contribution in [2.24, 2.45) is 11.7 Å². The highest BCUT2D eigenvalue weighted by molar-refractivity contribution is 5.95. The van der Waals surface area contributed by atoms with Gasteiger partial charge in [-0.1, -0.05) is 43.3 Å². The van der Waals surface area contributed by atoms with Gasteiger partial charge < -0.3 is 10.3 Å². The second kappa shape index (κ2) is 5.26. The Morgan fingerprint density at radius 2 is 1.81 bits per heavy atom. The maximum Gasteiger partial charge on any atom is 0.244 e. The van der Waals surface area contributed by atoms with Crippen LogP contribution in [-0.4, -0.2) is 10.1 Å². The van der Waals surface area contributed by atoms with Crippen LogP contribution in [0.1, 0.15) is 25.8 Å². The monoisotopic (exact) mass is 285 g/mol. The summed E-state index contributed by atoms with van der Waals surface area (Å²) >= 11 is 0. The molecule has 1 atom stereocenters. The molecule has 0 aliphatic carbocycles. The van der Waals surface area contributed by atoms with Crippen molar-refractivity contribution >= 4 is 10.8 Å². The van der Waals surface area contributed by atoms with E-state index in [1.807, 2.05) is 26.0 Å². The SMILES string of the molecule is CC(C)C(N)c1nc(-c2ccc(F)c3ccccc23)no1. The molecular weight excluding hydrogens is 269 g/mol. The molecule has 21 heavy (non-hydrogen) atoms. The summed E-state index contributed by atoms with van der Waals surface area (Å²) in [4.78, 5) is 4.36. The first-order chi connectivity index (χ1) is 10.1. The van der Waals surface area contributed by atoms with Gasteiger partial charge in [-0.25, -0.2) is 4.39 Å². The Labute approximate surface area is 121 Å². The molecule has 2 aromatic carbocycles. The normalized spacial score (nSPS) is 13.0. The predicted molar refractivity (Wildman–Crippen MR) is 79.0 cm³/mol. The average molecular weight is 285 g/mol. The van der Waals surface area contributed by atoms with Gasteiger partial charge in [-0.2, -0.15) is 4.98 Å².